The number of hydrogen-bond donors (Lipinski definition) is 2. The summed E-state index contributed by atoms with van der Waals surface area (Å²) in [5.74, 6) is -1.20. The second kappa shape index (κ2) is 6.27. The van der Waals surface area contributed by atoms with Gasteiger partial charge in [0.2, 0.25) is 0 Å². The molecule has 116 valence electrons. The van der Waals surface area contributed by atoms with Crippen LogP contribution in [0.1, 0.15) is 10.4 Å². The Balaban J connectivity index is 2.09. The van der Waals surface area contributed by atoms with E-state index in [0.717, 1.165) is 12.1 Å². The van der Waals surface area contributed by atoms with Gasteiger partial charge in [-0.3, -0.25) is 4.79 Å². The van der Waals surface area contributed by atoms with Crippen LogP contribution in [0.4, 0.5) is 18.9 Å². The summed E-state index contributed by atoms with van der Waals surface area (Å²) < 4.78 is 40.4. The summed E-state index contributed by atoms with van der Waals surface area (Å²) in [6.07, 6.45) is -4.77. The van der Waals surface area contributed by atoms with Gasteiger partial charge in [0.1, 0.15) is 11.5 Å². The number of halogens is 4. The Labute approximate surface area is 131 Å². The third kappa shape index (κ3) is 4.39. The second-order valence-corrected chi connectivity index (χ2v) is 5.10. The first-order valence-corrected chi connectivity index (χ1v) is 6.69. The molecule has 0 saturated heterocycles. The maximum atomic E-state index is 12.0. The third-order valence-corrected chi connectivity index (χ3v) is 3.04. The van der Waals surface area contributed by atoms with Crippen molar-refractivity contribution in [3.63, 3.8) is 0 Å². The van der Waals surface area contributed by atoms with Crippen LogP contribution >= 0.6 is 15.9 Å². The van der Waals surface area contributed by atoms with Gasteiger partial charge in [-0.05, 0) is 42.5 Å². The number of carbonyl (C=O) groups excluding carboxylic acids is 1. The van der Waals surface area contributed by atoms with Crippen molar-refractivity contribution in [2.75, 3.05) is 5.32 Å². The molecule has 0 aliphatic carbocycles. The number of hydrogen-bond acceptors (Lipinski definition) is 3. The lowest BCUT2D eigenvalue weighted by atomic mass is 10.2. The van der Waals surface area contributed by atoms with Crippen LogP contribution < -0.4 is 10.1 Å². The lowest BCUT2D eigenvalue weighted by Crippen LogP contribution is -2.17. The Morgan fingerprint density at radius 2 is 1.77 bits per heavy atom. The van der Waals surface area contributed by atoms with Crippen LogP contribution in [-0.4, -0.2) is 17.4 Å². The van der Waals surface area contributed by atoms with E-state index >= 15 is 0 Å². The van der Waals surface area contributed by atoms with Gasteiger partial charge in [-0.1, -0.05) is 15.9 Å². The van der Waals surface area contributed by atoms with Crippen LogP contribution in [0.2, 0.25) is 0 Å². The molecule has 2 N–H and O–H groups in total. The number of aromatic hydroxyl groups is 1. The number of anilines is 1. The standard InChI is InChI=1S/C14H9BrF3NO3/c15-8-1-6-11(12(20)7-8)13(21)19-9-2-4-10(5-3-9)22-14(16,17)18/h1-7,20H,(H,19,21). The first kappa shape index (κ1) is 16.2. The highest BCUT2D eigenvalue weighted by Gasteiger charge is 2.30. The Morgan fingerprint density at radius 1 is 1.14 bits per heavy atom. The number of ether oxygens (including phenoxy) is 1. The van der Waals surface area contributed by atoms with E-state index in [2.05, 4.69) is 26.0 Å². The quantitative estimate of drug-likeness (QED) is 0.840. The third-order valence-electron chi connectivity index (χ3n) is 2.55. The topological polar surface area (TPSA) is 58.6 Å². The maximum absolute atomic E-state index is 12.0. The highest BCUT2D eigenvalue weighted by atomic mass is 79.9. The highest BCUT2D eigenvalue weighted by molar-refractivity contribution is 9.10. The number of rotatable bonds is 3. The normalized spacial score (nSPS) is 11.1. The number of phenols is 1. The fraction of sp³-hybridized carbons (Fsp3) is 0.0714. The van der Waals surface area contributed by atoms with Crippen molar-refractivity contribution in [3.8, 4) is 11.5 Å². The Bertz CT molecular complexity index is 687. The second-order valence-electron chi connectivity index (χ2n) is 4.19. The van der Waals surface area contributed by atoms with Crippen molar-refractivity contribution in [1.82, 2.24) is 0 Å². The molecule has 0 unspecified atom stereocenters. The van der Waals surface area contributed by atoms with E-state index in [4.69, 9.17) is 0 Å². The molecular weight excluding hydrogens is 367 g/mol. The van der Waals surface area contributed by atoms with Gasteiger partial charge in [0.15, 0.2) is 0 Å². The Kier molecular flexibility index (Phi) is 4.60. The van der Waals surface area contributed by atoms with E-state index in [1.807, 2.05) is 0 Å². The van der Waals surface area contributed by atoms with Crippen LogP contribution in [0.25, 0.3) is 0 Å². The lowest BCUT2D eigenvalue weighted by molar-refractivity contribution is -0.274. The summed E-state index contributed by atoms with van der Waals surface area (Å²) in [7, 11) is 0. The van der Waals surface area contributed by atoms with Crippen molar-refractivity contribution in [2.45, 2.75) is 6.36 Å². The van der Waals surface area contributed by atoms with Gasteiger partial charge in [-0.15, -0.1) is 13.2 Å². The number of alkyl halides is 3. The molecule has 0 spiro atoms. The van der Waals surface area contributed by atoms with Crippen molar-refractivity contribution < 1.29 is 27.8 Å². The molecule has 0 bridgehead atoms. The van der Waals surface area contributed by atoms with Crippen LogP contribution in [0.3, 0.4) is 0 Å². The van der Waals surface area contributed by atoms with Crippen molar-refractivity contribution in [3.05, 3.63) is 52.5 Å². The molecule has 0 heterocycles. The van der Waals surface area contributed by atoms with Gasteiger partial charge >= 0.3 is 6.36 Å². The van der Waals surface area contributed by atoms with E-state index < -0.39 is 18.0 Å². The molecule has 2 aromatic rings. The van der Waals surface area contributed by atoms with Gasteiger partial charge in [-0.25, -0.2) is 0 Å². The maximum Gasteiger partial charge on any atom is 0.573 e. The average molecular weight is 376 g/mol. The van der Waals surface area contributed by atoms with Gasteiger partial charge in [0.05, 0.1) is 5.56 Å². The summed E-state index contributed by atoms with van der Waals surface area (Å²) in [5, 5.41) is 12.1. The van der Waals surface area contributed by atoms with E-state index in [1.54, 1.807) is 6.07 Å². The van der Waals surface area contributed by atoms with Crippen molar-refractivity contribution >= 4 is 27.5 Å². The molecule has 0 atom stereocenters. The minimum atomic E-state index is -4.77. The summed E-state index contributed by atoms with van der Waals surface area (Å²) in [5.41, 5.74) is 0.306. The molecule has 22 heavy (non-hydrogen) atoms. The first-order chi connectivity index (χ1) is 10.2. The van der Waals surface area contributed by atoms with Gasteiger partial charge in [0, 0.05) is 10.2 Å². The monoisotopic (exact) mass is 375 g/mol. The Morgan fingerprint density at radius 3 is 2.32 bits per heavy atom. The molecule has 2 rings (SSSR count). The molecular formula is C14H9BrF3NO3. The molecule has 4 nitrogen and oxygen atoms in total. The van der Waals surface area contributed by atoms with Crippen molar-refractivity contribution in [1.29, 1.82) is 0 Å². The van der Waals surface area contributed by atoms with Crippen LogP contribution in [-0.2, 0) is 0 Å². The zero-order valence-corrected chi connectivity index (χ0v) is 12.4. The summed E-state index contributed by atoms with van der Waals surface area (Å²) >= 11 is 3.15. The van der Waals surface area contributed by atoms with E-state index in [0.29, 0.717) is 4.47 Å². The minimum Gasteiger partial charge on any atom is -0.507 e. The first-order valence-electron chi connectivity index (χ1n) is 5.90. The molecule has 0 aromatic heterocycles. The van der Waals surface area contributed by atoms with E-state index in [-0.39, 0.29) is 17.0 Å². The largest absolute Gasteiger partial charge is 0.573 e. The SMILES string of the molecule is O=C(Nc1ccc(OC(F)(F)F)cc1)c1ccc(Br)cc1O. The molecule has 0 saturated carbocycles. The van der Waals surface area contributed by atoms with Gasteiger partial charge in [-0.2, -0.15) is 0 Å². The van der Waals surface area contributed by atoms with E-state index in [1.165, 1.54) is 24.3 Å². The number of phenolic OH excluding ortho intramolecular Hbond substituents is 1. The predicted molar refractivity (Wildman–Crippen MR) is 76.9 cm³/mol. The number of benzene rings is 2. The number of carbonyl (C=O) groups is 1. The molecule has 0 radical (unpaired) electrons. The fourth-order valence-corrected chi connectivity index (χ4v) is 1.98. The van der Waals surface area contributed by atoms with Gasteiger partial charge in [0.25, 0.3) is 5.91 Å². The van der Waals surface area contributed by atoms with Crippen molar-refractivity contribution in [2.24, 2.45) is 0 Å². The van der Waals surface area contributed by atoms with E-state index in [9.17, 15) is 23.1 Å². The highest BCUT2D eigenvalue weighted by Crippen LogP contribution is 2.26. The smallest absolute Gasteiger partial charge is 0.507 e. The zero-order valence-electron chi connectivity index (χ0n) is 10.8. The molecule has 2 aromatic carbocycles. The molecule has 8 heteroatoms. The van der Waals surface area contributed by atoms with Crippen LogP contribution in [0, 0.1) is 0 Å². The van der Waals surface area contributed by atoms with Crippen LogP contribution in [0.15, 0.2) is 46.9 Å². The molecule has 0 aliphatic rings. The van der Waals surface area contributed by atoms with Crippen LogP contribution in [0.5, 0.6) is 11.5 Å². The molecule has 0 aliphatic heterocycles. The molecule has 1 amide bonds. The summed E-state index contributed by atoms with van der Waals surface area (Å²) in [6.45, 7) is 0. The summed E-state index contributed by atoms with van der Waals surface area (Å²) in [6, 6.07) is 9.01. The number of amides is 1. The fourth-order valence-electron chi connectivity index (χ4n) is 1.64. The average Bonchev–Trinajstić information content (AvgIpc) is 2.39. The number of nitrogens with one attached hydrogen (secondary N) is 1. The minimum absolute atomic E-state index is 0.0406. The summed E-state index contributed by atoms with van der Waals surface area (Å²) in [4.78, 5) is 12.0. The molecule has 0 fully saturated rings. The predicted octanol–water partition coefficient (Wildman–Crippen LogP) is 4.31. The van der Waals surface area contributed by atoms with Gasteiger partial charge < -0.3 is 15.2 Å². The Hall–Kier alpha value is -2.22. The lowest BCUT2D eigenvalue weighted by Gasteiger charge is -2.10. The zero-order chi connectivity index (χ0) is 16.3.